The molecule has 1 fully saturated rings. The number of rotatable bonds is 5. The summed E-state index contributed by atoms with van der Waals surface area (Å²) >= 11 is 5.99. The number of ether oxygens (including phenoxy) is 3. The van der Waals surface area contributed by atoms with Gasteiger partial charge in [-0.1, -0.05) is 11.6 Å². The van der Waals surface area contributed by atoms with E-state index in [2.05, 4.69) is 15.5 Å². The van der Waals surface area contributed by atoms with Gasteiger partial charge >= 0.3 is 6.03 Å². The van der Waals surface area contributed by atoms with Crippen LogP contribution in [0.3, 0.4) is 0 Å². The Hall–Kier alpha value is -2.74. The van der Waals surface area contributed by atoms with Crippen LogP contribution in [0.5, 0.6) is 17.5 Å². The van der Waals surface area contributed by atoms with Crippen LogP contribution in [0.1, 0.15) is 6.42 Å². The van der Waals surface area contributed by atoms with Crippen molar-refractivity contribution in [3.05, 3.63) is 35.4 Å². The van der Waals surface area contributed by atoms with Crippen molar-refractivity contribution in [2.24, 2.45) is 0 Å². The highest BCUT2D eigenvalue weighted by Gasteiger charge is 2.28. The van der Waals surface area contributed by atoms with Crippen LogP contribution in [0.25, 0.3) is 0 Å². The Bertz CT molecular complexity index is 772. The molecule has 0 spiro atoms. The monoisotopic (exact) mass is 378 g/mol. The molecule has 0 aliphatic carbocycles. The number of carbonyl (C=O) groups excluding carboxylic acids is 1. The fraction of sp³-hybridized carbons (Fsp3) is 0.353. The average Bonchev–Trinajstić information content (AvgIpc) is 3.11. The lowest BCUT2D eigenvalue weighted by atomic mass is 10.3. The first kappa shape index (κ1) is 18.1. The van der Waals surface area contributed by atoms with Gasteiger partial charge in [0.05, 0.1) is 26.5 Å². The van der Waals surface area contributed by atoms with E-state index in [4.69, 9.17) is 25.8 Å². The Labute approximate surface area is 156 Å². The molecule has 0 bridgehead atoms. The largest absolute Gasteiger partial charge is 0.495 e. The van der Waals surface area contributed by atoms with E-state index >= 15 is 0 Å². The maximum Gasteiger partial charge on any atom is 0.322 e. The van der Waals surface area contributed by atoms with Crippen molar-refractivity contribution < 1.29 is 19.0 Å². The topological polar surface area (TPSA) is 85.8 Å². The molecule has 1 aromatic carbocycles. The molecule has 1 aliphatic rings. The van der Waals surface area contributed by atoms with Crippen LogP contribution in [0.4, 0.5) is 10.5 Å². The van der Waals surface area contributed by atoms with Gasteiger partial charge in [0, 0.05) is 30.1 Å². The number of likely N-dealkylation sites (tertiary alicyclic amines) is 1. The van der Waals surface area contributed by atoms with Gasteiger partial charge in [0.15, 0.2) is 0 Å². The van der Waals surface area contributed by atoms with Gasteiger partial charge in [0.1, 0.15) is 11.9 Å². The molecule has 26 heavy (non-hydrogen) atoms. The van der Waals surface area contributed by atoms with Crippen LogP contribution in [0.2, 0.25) is 5.02 Å². The normalized spacial score (nSPS) is 16.3. The molecule has 2 heterocycles. The third kappa shape index (κ3) is 4.26. The molecule has 1 N–H and O–H groups in total. The van der Waals surface area contributed by atoms with Gasteiger partial charge in [0.25, 0.3) is 0 Å². The van der Waals surface area contributed by atoms with Crippen molar-refractivity contribution in [3.8, 4) is 17.5 Å². The van der Waals surface area contributed by atoms with E-state index in [9.17, 15) is 4.79 Å². The van der Waals surface area contributed by atoms with Gasteiger partial charge in [-0.15, -0.1) is 10.2 Å². The lowest BCUT2D eigenvalue weighted by Crippen LogP contribution is -2.34. The zero-order valence-electron chi connectivity index (χ0n) is 14.4. The quantitative estimate of drug-likeness (QED) is 0.861. The molecule has 8 nitrogen and oxygen atoms in total. The predicted octanol–water partition coefficient (Wildman–Crippen LogP) is 2.83. The number of methoxy groups -OCH3 is 2. The van der Waals surface area contributed by atoms with Gasteiger partial charge in [-0.2, -0.15) is 0 Å². The van der Waals surface area contributed by atoms with E-state index in [0.29, 0.717) is 47.7 Å². The molecule has 9 heteroatoms. The van der Waals surface area contributed by atoms with E-state index in [1.807, 2.05) is 0 Å². The smallest absolute Gasteiger partial charge is 0.322 e. The summed E-state index contributed by atoms with van der Waals surface area (Å²) in [5, 5.41) is 11.1. The lowest BCUT2D eigenvalue weighted by Gasteiger charge is -2.18. The second kappa shape index (κ2) is 8.09. The number of anilines is 1. The molecular formula is C17H19ClN4O4. The zero-order chi connectivity index (χ0) is 18.5. The number of nitrogens with one attached hydrogen (secondary N) is 1. The van der Waals surface area contributed by atoms with Crippen LogP contribution in [0.15, 0.2) is 30.3 Å². The van der Waals surface area contributed by atoms with Crippen LogP contribution < -0.4 is 19.5 Å². The predicted molar refractivity (Wildman–Crippen MR) is 96.2 cm³/mol. The minimum absolute atomic E-state index is 0.148. The van der Waals surface area contributed by atoms with E-state index in [-0.39, 0.29) is 12.1 Å². The van der Waals surface area contributed by atoms with E-state index < -0.39 is 0 Å². The first-order valence-corrected chi connectivity index (χ1v) is 8.40. The van der Waals surface area contributed by atoms with Gasteiger partial charge in [0.2, 0.25) is 11.8 Å². The van der Waals surface area contributed by atoms with Gasteiger partial charge in [-0.25, -0.2) is 4.79 Å². The van der Waals surface area contributed by atoms with E-state index in [1.165, 1.54) is 14.2 Å². The molecule has 2 amide bonds. The average molecular weight is 379 g/mol. The summed E-state index contributed by atoms with van der Waals surface area (Å²) in [4.78, 5) is 14.2. The van der Waals surface area contributed by atoms with Crippen molar-refractivity contribution in [2.45, 2.75) is 12.5 Å². The third-order valence-corrected chi connectivity index (χ3v) is 4.18. The third-order valence-electron chi connectivity index (χ3n) is 3.95. The number of hydrogen-bond donors (Lipinski definition) is 1. The fourth-order valence-corrected chi connectivity index (χ4v) is 2.80. The Kier molecular flexibility index (Phi) is 5.62. The highest BCUT2D eigenvalue weighted by molar-refractivity contribution is 6.31. The molecule has 1 saturated heterocycles. The van der Waals surface area contributed by atoms with Gasteiger partial charge in [-0.3, -0.25) is 0 Å². The number of urea groups is 1. The number of halogens is 1. The maximum atomic E-state index is 12.5. The highest BCUT2D eigenvalue weighted by atomic mass is 35.5. The maximum absolute atomic E-state index is 12.5. The van der Waals surface area contributed by atoms with Crippen molar-refractivity contribution in [3.63, 3.8) is 0 Å². The van der Waals surface area contributed by atoms with Crippen LogP contribution in [-0.2, 0) is 0 Å². The standard InChI is InChI=1S/C17H19ClN4O4/c1-24-14-4-3-11(18)9-13(14)19-17(23)22-8-7-12(10-22)26-16-6-5-15(25-2)20-21-16/h3-6,9,12H,7-8,10H2,1-2H3,(H,19,23). The summed E-state index contributed by atoms with van der Waals surface area (Å²) in [6.07, 6.45) is 0.554. The molecule has 0 saturated carbocycles. The molecular weight excluding hydrogens is 360 g/mol. The number of benzene rings is 1. The van der Waals surface area contributed by atoms with Crippen molar-refractivity contribution >= 4 is 23.3 Å². The van der Waals surface area contributed by atoms with Crippen LogP contribution in [-0.4, -0.2) is 54.5 Å². The molecule has 1 aliphatic heterocycles. The summed E-state index contributed by atoms with van der Waals surface area (Å²) in [6, 6.07) is 8.17. The second-order valence-electron chi connectivity index (χ2n) is 5.66. The summed E-state index contributed by atoms with van der Waals surface area (Å²) in [5.41, 5.74) is 0.524. The van der Waals surface area contributed by atoms with Gasteiger partial charge < -0.3 is 24.4 Å². The van der Waals surface area contributed by atoms with Crippen molar-refractivity contribution in [1.82, 2.24) is 15.1 Å². The lowest BCUT2D eigenvalue weighted by molar-refractivity contribution is 0.188. The number of carbonyl (C=O) groups is 1. The van der Waals surface area contributed by atoms with Crippen LogP contribution >= 0.6 is 11.6 Å². The SMILES string of the molecule is COc1ccc(OC2CCN(C(=O)Nc3cc(Cl)ccc3OC)C2)nn1. The van der Waals surface area contributed by atoms with Crippen molar-refractivity contribution in [2.75, 3.05) is 32.6 Å². The van der Waals surface area contributed by atoms with Gasteiger partial charge in [-0.05, 0) is 18.2 Å². The highest BCUT2D eigenvalue weighted by Crippen LogP contribution is 2.28. The number of amides is 2. The Balaban J connectivity index is 1.57. The van der Waals surface area contributed by atoms with Crippen molar-refractivity contribution in [1.29, 1.82) is 0 Å². The molecule has 1 unspecified atom stereocenters. The summed E-state index contributed by atoms with van der Waals surface area (Å²) in [5.74, 6) is 1.36. The zero-order valence-corrected chi connectivity index (χ0v) is 15.2. The Morgan fingerprint density at radius 1 is 1.19 bits per heavy atom. The summed E-state index contributed by atoms with van der Waals surface area (Å²) in [7, 11) is 3.06. The molecule has 3 rings (SSSR count). The summed E-state index contributed by atoms with van der Waals surface area (Å²) < 4.78 is 16.0. The molecule has 2 aromatic rings. The van der Waals surface area contributed by atoms with E-state index in [1.54, 1.807) is 35.2 Å². The Morgan fingerprint density at radius 3 is 2.65 bits per heavy atom. The number of aromatic nitrogens is 2. The molecule has 0 radical (unpaired) electrons. The van der Waals surface area contributed by atoms with E-state index in [0.717, 1.165) is 0 Å². The number of nitrogens with zero attached hydrogens (tertiary/aromatic N) is 3. The first-order chi connectivity index (χ1) is 12.6. The fourth-order valence-electron chi connectivity index (χ4n) is 2.63. The molecule has 1 aromatic heterocycles. The minimum atomic E-state index is -0.238. The molecule has 138 valence electrons. The first-order valence-electron chi connectivity index (χ1n) is 8.03. The molecule has 1 atom stereocenters. The minimum Gasteiger partial charge on any atom is -0.495 e. The Morgan fingerprint density at radius 2 is 1.96 bits per heavy atom. The van der Waals surface area contributed by atoms with Crippen LogP contribution in [0, 0.1) is 0 Å². The number of hydrogen-bond acceptors (Lipinski definition) is 6. The second-order valence-corrected chi connectivity index (χ2v) is 6.10. The summed E-state index contributed by atoms with van der Waals surface area (Å²) in [6.45, 7) is 1.02.